The van der Waals surface area contributed by atoms with Crippen molar-refractivity contribution in [3.05, 3.63) is 48.0 Å². The SMILES string of the molecule is CCNC(=O)CNCc1cccc2ccccc12. The molecule has 0 spiro atoms. The first-order valence-corrected chi connectivity index (χ1v) is 6.25. The van der Waals surface area contributed by atoms with Crippen molar-refractivity contribution >= 4 is 16.7 Å². The molecule has 94 valence electrons. The van der Waals surface area contributed by atoms with Crippen LogP contribution in [0, 0.1) is 0 Å². The minimum Gasteiger partial charge on any atom is -0.355 e. The molecule has 2 aromatic carbocycles. The molecule has 0 aliphatic heterocycles. The van der Waals surface area contributed by atoms with Crippen LogP contribution in [0.25, 0.3) is 10.8 Å². The predicted octanol–water partition coefficient (Wildman–Crippen LogP) is 2.07. The number of likely N-dealkylation sites (N-methyl/N-ethyl adjacent to an activating group) is 1. The van der Waals surface area contributed by atoms with Crippen LogP contribution in [0.2, 0.25) is 0 Å². The third-order valence-corrected chi connectivity index (χ3v) is 2.85. The molecule has 0 unspecified atom stereocenters. The van der Waals surface area contributed by atoms with E-state index in [1.54, 1.807) is 0 Å². The molecule has 2 rings (SSSR count). The minimum absolute atomic E-state index is 0.0396. The number of carbonyl (C=O) groups is 1. The maximum Gasteiger partial charge on any atom is 0.233 e. The lowest BCUT2D eigenvalue weighted by atomic mass is 10.0. The van der Waals surface area contributed by atoms with Crippen LogP contribution in [0.4, 0.5) is 0 Å². The van der Waals surface area contributed by atoms with Crippen molar-refractivity contribution in [3.63, 3.8) is 0 Å². The number of benzene rings is 2. The third kappa shape index (κ3) is 3.08. The molecule has 0 radical (unpaired) electrons. The maximum atomic E-state index is 11.3. The lowest BCUT2D eigenvalue weighted by Gasteiger charge is -2.08. The normalized spacial score (nSPS) is 10.5. The number of carbonyl (C=O) groups excluding carboxylic acids is 1. The van der Waals surface area contributed by atoms with Crippen LogP contribution in [-0.2, 0) is 11.3 Å². The molecule has 0 atom stereocenters. The van der Waals surface area contributed by atoms with Crippen LogP contribution in [0.3, 0.4) is 0 Å². The fraction of sp³-hybridized carbons (Fsp3) is 0.267. The standard InChI is InChI=1S/C15H18N2O/c1-2-17-15(18)11-16-10-13-8-5-7-12-6-3-4-9-14(12)13/h3-9,16H,2,10-11H2,1H3,(H,17,18). The van der Waals surface area contributed by atoms with Gasteiger partial charge in [-0.05, 0) is 23.3 Å². The van der Waals surface area contributed by atoms with Crippen molar-refractivity contribution in [1.29, 1.82) is 0 Å². The molecule has 0 aliphatic carbocycles. The zero-order chi connectivity index (χ0) is 12.8. The summed E-state index contributed by atoms with van der Waals surface area (Å²) in [6, 6.07) is 14.5. The number of hydrogen-bond acceptors (Lipinski definition) is 2. The Hall–Kier alpha value is -1.87. The Bertz CT molecular complexity index is 532. The molecule has 0 saturated carbocycles. The van der Waals surface area contributed by atoms with Gasteiger partial charge in [0.2, 0.25) is 5.91 Å². The fourth-order valence-electron chi connectivity index (χ4n) is 2.02. The zero-order valence-electron chi connectivity index (χ0n) is 10.6. The number of hydrogen-bond donors (Lipinski definition) is 2. The van der Waals surface area contributed by atoms with Gasteiger partial charge in [-0.25, -0.2) is 0 Å². The molecule has 3 nitrogen and oxygen atoms in total. The molecular formula is C15H18N2O. The van der Waals surface area contributed by atoms with E-state index in [0.717, 1.165) is 0 Å². The molecule has 0 fully saturated rings. The van der Waals surface area contributed by atoms with Crippen molar-refractivity contribution in [2.45, 2.75) is 13.5 Å². The first kappa shape index (κ1) is 12.6. The summed E-state index contributed by atoms with van der Waals surface area (Å²) >= 11 is 0. The second-order valence-corrected chi connectivity index (χ2v) is 4.20. The lowest BCUT2D eigenvalue weighted by molar-refractivity contribution is -0.120. The first-order valence-electron chi connectivity index (χ1n) is 6.25. The highest BCUT2D eigenvalue weighted by molar-refractivity contribution is 5.85. The molecule has 0 bridgehead atoms. The molecule has 0 saturated heterocycles. The van der Waals surface area contributed by atoms with Crippen molar-refractivity contribution in [2.24, 2.45) is 0 Å². The quantitative estimate of drug-likeness (QED) is 0.842. The van der Waals surface area contributed by atoms with E-state index in [1.807, 2.05) is 25.1 Å². The predicted molar refractivity (Wildman–Crippen MR) is 74.3 cm³/mol. The highest BCUT2D eigenvalue weighted by atomic mass is 16.1. The summed E-state index contributed by atoms with van der Waals surface area (Å²) in [5.74, 6) is 0.0396. The van der Waals surface area contributed by atoms with E-state index < -0.39 is 0 Å². The summed E-state index contributed by atoms with van der Waals surface area (Å²) in [6.07, 6.45) is 0. The smallest absolute Gasteiger partial charge is 0.233 e. The van der Waals surface area contributed by atoms with Crippen LogP contribution < -0.4 is 10.6 Å². The molecule has 0 aliphatic rings. The summed E-state index contributed by atoms with van der Waals surface area (Å²) in [4.78, 5) is 11.3. The summed E-state index contributed by atoms with van der Waals surface area (Å²) in [7, 11) is 0. The van der Waals surface area contributed by atoms with Gasteiger partial charge in [0.15, 0.2) is 0 Å². The molecule has 2 N–H and O–H groups in total. The van der Waals surface area contributed by atoms with Crippen LogP contribution in [0.15, 0.2) is 42.5 Å². The van der Waals surface area contributed by atoms with E-state index in [4.69, 9.17) is 0 Å². The van der Waals surface area contributed by atoms with Gasteiger partial charge in [-0.15, -0.1) is 0 Å². The molecule has 0 heterocycles. The van der Waals surface area contributed by atoms with Crippen molar-refractivity contribution in [3.8, 4) is 0 Å². The number of rotatable bonds is 5. The Morgan fingerprint density at radius 1 is 1.11 bits per heavy atom. The van der Waals surface area contributed by atoms with Crippen LogP contribution in [0.5, 0.6) is 0 Å². The average Bonchev–Trinajstić information content (AvgIpc) is 2.39. The summed E-state index contributed by atoms with van der Waals surface area (Å²) < 4.78 is 0. The molecule has 2 aromatic rings. The Morgan fingerprint density at radius 2 is 1.89 bits per heavy atom. The van der Waals surface area contributed by atoms with Gasteiger partial charge in [0.25, 0.3) is 0 Å². The molecule has 0 aromatic heterocycles. The van der Waals surface area contributed by atoms with Gasteiger partial charge >= 0.3 is 0 Å². The fourth-order valence-corrected chi connectivity index (χ4v) is 2.02. The van der Waals surface area contributed by atoms with Crippen molar-refractivity contribution in [2.75, 3.05) is 13.1 Å². The van der Waals surface area contributed by atoms with Gasteiger partial charge < -0.3 is 10.6 Å². The van der Waals surface area contributed by atoms with E-state index in [-0.39, 0.29) is 5.91 Å². The van der Waals surface area contributed by atoms with Gasteiger partial charge in [-0.1, -0.05) is 42.5 Å². The lowest BCUT2D eigenvalue weighted by Crippen LogP contribution is -2.33. The number of nitrogens with one attached hydrogen (secondary N) is 2. The van der Waals surface area contributed by atoms with Gasteiger partial charge in [-0.3, -0.25) is 4.79 Å². The highest BCUT2D eigenvalue weighted by Gasteiger charge is 2.01. The van der Waals surface area contributed by atoms with Gasteiger partial charge in [0.05, 0.1) is 6.54 Å². The number of fused-ring (bicyclic) bond motifs is 1. The Morgan fingerprint density at radius 3 is 2.72 bits per heavy atom. The molecule has 18 heavy (non-hydrogen) atoms. The first-order chi connectivity index (χ1) is 8.81. The molecular weight excluding hydrogens is 224 g/mol. The van der Waals surface area contributed by atoms with Crippen LogP contribution >= 0.6 is 0 Å². The van der Waals surface area contributed by atoms with E-state index in [9.17, 15) is 4.79 Å². The monoisotopic (exact) mass is 242 g/mol. The minimum atomic E-state index is 0.0396. The Balaban J connectivity index is 2.01. The van der Waals surface area contributed by atoms with Crippen LogP contribution in [0.1, 0.15) is 12.5 Å². The van der Waals surface area contributed by atoms with Gasteiger partial charge in [0, 0.05) is 13.1 Å². The average molecular weight is 242 g/mol. The topological polar surface area (TPSA) is 41.1 Å². The summed E-state index contributed by atoms with van der Waals surface area (Å²) in [6.45, 7) is 3.66. The third-order valence-electron chi connectivity index (χ3n) is 2.85. The summed E-state index contributed by atoms with van der Waals surface area (Å²) in [5, 5.41) is 8.40. The Labute approximate surface area is 107 Å². The van der Waals surface area contributed by atoms with E-state index in [0.29, 0.717) is 19.6 Å². The second kappa shape index (κ2) is 6.17. The zero-order valence-corrected chi connectivity index (χ0v) is 10.6. The summed E-state index contributed by atoms with van der Waals surface area (Å²) in [5.41, 5.74) is 1.22. The largest absolute Gasteiger partial charge is 0.355 e. The Kier molecular flexibility index (Phi) is 4.31. The van der Waals surface area contributed by atoms with Crippen molar-refractivity contribution in [1.82, 2.24) is 10.6 Å². The van der Waals surface area contributed by atoms with Gasteiger partial charge in [-0.2, -0.15) is 0 Å². The maximum absolute atomic E-state index is 11.3. The van der Waals surface area contributed by atoms with Gasteiger partial charge in [0.1, 0.15) is 0 Å². The van der Waals surface area contributed by atoms with Crippen molar-refractivity contribution < 1.29 is 4.79 Å². The number of amides is 1. The van der Waals surface area contributed by atoms with E-state index in [1.165, 1.54) is 16.3 Å². The highest BCUT2D eigenvalue weighted by Crippen LogP contribution is 2.17. The van der Waals surface area contributed by atoms with E-state index in [2.05, 4.69) is 34.9 Å². The van der Waals surface area contributed by atoms with Crippen LogP contribution in [-0.4, -0.2) is 19.0 Å². The molecule has 1 amide bonds. The second-order valence-electron chi connectivity index (χ2n) is 4.20. The molecule has 3 heteroatoms. The van der Waals surface area contributed by atoms with E-state index >= 15 is 0 Å².